The molecule has 0 aliphatic rings. The summed E-state index contributed by atoms with van der Waals surface area (Å²) in [5, 5.41) is 4.28. The van der Waals surface area contributed by atoms with Gasteiger partial charge in [0, 0.05) is 41.8 Å². The van der Waals surface area contributed by atoms with Crippen molar-refractivity contribution >= 4 is 29.1 Å². The molecular formula is C24H30ClN3O2. The number of carbonyl (C=O) groups is 1. The summed E-state index contributed by atoms with van der Waals surface area (Å²) in [7, 11) is 0. The number of hydrogen-bond acceptors (Lipinski definition) is 3. The van der Waals surface area contributed by atoms with Crippen LogP contribution < -0.4 is 16.6 Å². The lowest BCUT2D eigenvalue weighted by Crippen LogP contribution is -2.29. The molecule has 1 amide bonds. The number of nitrogens with one attached hydrogen (secondary N) is 1. The molecule has 3 aromatic rings. The molecule has 0 bridgehead atoms. The molecule has 0 fully saturated rings. The number of benzene rings is 2. The fourth-order valence-electron chi connectivity index (χ4n) is 3.68. The Morgan fingerprint density at radius 2 is 1.80 bits per heavy atom. The fourth-order valence-corrected chi connectivity index (χ4v) is 3.68. The highest BCUT2D eigenvalue weighted by Crippen LogP contribution is 2.31. The standard InChI is InChI=1S/C24H29N3O2.ClH/c1-4-12-26-23(28)18-10-11-19-20(13-18)22(17-8-6-5-7-9-17)21(14-25)27(24(19)29)15-16(2)3;/h5-11,13,16H,4,12,14-15,25H2,1-3H3,(H,26,28);1H. The van der Waals surface area contributed by atoms with E-state index in [2.05, 4.69) is 19.2 Å². The lowest BCUT2D eigenvalue weighted by molar-refractivity contribution is 0.0954. The number of nitrogens with zero attached hydrogens (tertiary/aromatic N) is 1. The zero-order valence-electron chi connectivity index (χ0n) is 17.8. The molecule has 3 N–H and O–H groups in total. The third-order valence-electron chi connectivity index (χ3n) is 4.98. The van der Waals surface area contributed by atoms with E-state index in [1.807, 2.05) is 43.3 Å². The van der Waals surface area contributed by atoms with Crippen LogP contribution in [0, 0.1) is 5.92 Å². The minimum atomic E-state index is -0.131. The van der Waals surface area contributed by atoms with E-state index in [0.29, 0.717) is 30.0 Å². The van der Waals surface area contributed by atoms with Crippen molar-refractivity contribution in [2.45, 2.75) is 40.3 Å². The van der Waals surface area contributed by atoms with Crippen LogP contribution in [0.5, 0.6) is 0 Å². The van der Waals surface area contributed by atoms with Gasteiger partial charge in [-0.2, -0.15) is 0 Å². The SMILES string of the molecule is CCCNC(=O)c1ccc2c(=O)n(CC(C)C)c(CN)c(-c3ccccc3)c2c1.Cl. The third kappa shape index (κ3) is 4.74. The second-order valence-electron chi connectivity index (χ2n) is 7.72. The molecule has 0 saturated heterocycles. The first-order valence-electron chi connectivity index (χ1n) is 10.2. The van der Waals surface area contributed by atoms with Crippen LogP contribution in [0.25, 0.3) is 21.9 Å². The summed E-state index contributed by atoms with van der Waals surface area (Å²) in [6, 6.07) is 15.2. The Balaban J connectivity index is 0.00000320. The predicted octanol–water partition coefficient (Wildman–Crippen LogP) is 4.34. The molecule has 0 radical (unpaired) electrons. The van der Waals surface area contributed by atoms with Crippen LogP contribution in [0.3, 0.4) is 0 Å². The van der Waals surface area contributed by atoms with Gasteiger partial charge in [-0.3, -0.25) is 9.59 Å². The molecule has 1 heterocycles. The van der Waals surface area contributed by atoms with E-state index in [0.717, 1.165) is 28.6 Å². The van der Waals surface area contributed by atoms with Gasteiger partial charge in [0.05, 0.1) is 0 Å². The van der Waals surface area contributed by atoms with Crippen molar-refractivity contribution in [3.8, 4) is 11.1 Å². The lowest BCUT2D eigenvalue weighted by Gasteiger charge is -2.21. The molecule has 6 heteroatoms. The van der Waals surface area contributed by atoms with E-state index >= 15 is 0 Å². The quantitative estimate of drug-likeness (QED) is 0.588. The molecule has 0 spiro atoms. The average molecular weight is 428 g/mol. The van der Waals surface area contributed by atoms with E-state index in [1.54, 1.807) is 16.7 Å². The van der Waals surface area contributed by atoms with Gasteiger partial charge in [0.25, 0.3) is 11.5 Å². The van der Waals surface area contributed by atoms with Gasteiger partial charge in [-0.1, -0.05) is 51.1 Å². The molecule has 30 heavy (non-hydrogen) atoms. The Labute approximate surface area is 183 Å². The summed E-state index contributed by atoms with van der Waals surface area (Å²) >= 11 is 0. The van der Waals surface area contributed by atoms with Crippen LogP contribution >= 0.6 is 12.4 Å². The molecule has 160 valence electrons. The minimum Gasteiger partial charge on any atom is -0.352 e. The zero-order chi connectivity index (χ0) is 21.0. The molecule has 0 unspecified atom stereocenters. The second kappa shape index (κ2) is 10.4. The topological polar surface area (TPSA) is 77.1 Å². The van der Waals surface area contributed by atoms with Crippen molar-refractivity contribution in [2.75, 3.05) is 6.54 Å². The van der Waals surface area contributed by atoms with Gasteiger partial charge >= 0.3 is 0 Å². The normalized spacial score (nSPS) is 10.8. The smallest absolute Gasteiger partial charge is 0.258 e. The van der Waals surface area contributed by atoms with Crippen LogP contribution in [-0.4, -0.2) is 17.0 Å². The van der Waals surface area contributed by atoms with E-state index in [4.69, 9.17) is 5.73 Å². The highest BCUT2D eigenvalue weighted by atomic mass is 35.5. The van der Waals surface area contributed by atoms with Crippen LogP contribution in [0.1, 0.15) is 43.2 Å². The molecule has 0 aliphatic heterocycles. The fraction of sp³-hybridized carbons (Fsp3) is 0.333. The van der Waals surface area contributed by atoms with Crippen molar-refractivity contribution in [3.05, 3.63) is 70.1 Å². The molecule has 1 aromatic heterocycles. The molecule has 0 aliphatic carbocycles. The first-order chi connectivity index (χ1) is 14.0. The minimum absolute atomic E-state index is 0. The molecule has 0 saturated carbocycles. The Kier molecular flexibility index (Phi) is 8.21. The van der Waals surface area contributed by atoms with Crippen LogP contribution in [0.2, 0.25) is 0 Å². The van der Waals surface area contributed by atoms with Crippen LogP contribution in [0.15, 0.2) is 53.3 Å². The van der Waals surface area contributed by atoms with Gasteiger partial charge in [0.2, 0.25) is 0 Å². The van der Waals surface area contributed by atoms with Gasteiger partial charge in [0.1, 0.15) is 0 Å². The van der Waals surface area contributed by atoms with Gasteiger partial charge in [-0.25, -0.2) is 0 Å². The Morgan fingerprint density at radius 3 is 2.40 bits per heavy atom. The number of aromatic nitrogens is 1. The summed E-state index contributed by atoms with van der Waals surface area (Å²) in [4.78, 5) is 25.8. The van der Waals surface area contributed by atoms with Crippen molar-refractivity contribution in [3.63, 3.8) is 0 Å². The number of hydrogen-bond donors (Lipinski definition) is 2. The maximum absolute atomic E-state index is 13.3. The number of rotatable bonds is 7. The van der Waals surface area contributed by atoms with Crippen molar-refractivity contribution in [2.24, 2.45) is 11.7 Å². The van der Waals surface area contributed by atoms with Crippen molar-refractivity contribution in [1.29, 1.82) is 0 Å². The molecule has 2 aromatic carbocycles. The van der Waals surface area contributed by atoms with E-state index in [1.165, 1.54) is 0 Å². The molecule has 3 rings (SSSR count). The summed E-state index contributed by atoms with van der Waals surface area (Å²) in [6.07, 6.45) is 0.867. The van der Waals surface area contributed by atoms with E-state index in [9.17, 15) is 9.59 Å². The molecule has 5 nitrogen and oxygen atoms in total. The molecular weight excluding hydrogens is 398 g/mol. The predicted molar refractivity (Wildman–Crippen MR) is 126 cm³/mol. The maximum atomic E-state index is 13.3. The van der Waals surface area contributed by atoms with Crippen LogP contribution in [-0.2, 0) is 13.1 Å². The Hall–Kier alpha value is -2.63. The highest BCUT2D eigenvalue weighted by Gasteiger charge is 2.19. The zero-order valence-corrected chi connectivity index (χ0v) is 18.6. The highest BCUT2D eigenvalue weighted by molar-refractivity contribution is 6.03. The van der Waals surface area contributed by atoms with Gasteiger partial charge in [0.15, 0.2) is 0 Å². The van der Waals surface area contributed by atoms with Gasteiger partial charge < -0.3 is 15.6 Å². The first-order valence-corrected chi connectivity index (χ1v) is 10.2. The van der Waals surface area contributed by atoms with Crippen molar-refractivity contribution < 1.29 is 4.79 Å². The first kappa shape index (κ1) is 23.6. The van der Waals surface area contributed by atoms with Crippen molar-refractivity contribution in [1.82, 2.24) is 9.88 Å². The summed E-state index contributed by atoms with van der Waals surface area (Å²) in [5.74, 6) is 0.173. The second-order valence-corrected chi connectivity index (χ2v) is 7.72. The van der Waals surface area contributed by atoms with E-state index < -0.39 is 0 Å². The Bertz CT molecular complexity index is 1080. The summed E-state index contributed by atoms with van der Waals surface area (Å²) in [6.45, 7) is 7.64. The molecule has 0 atom stereocenters. The largest absolute Gasteiger partial charge is 0.352 e. The summed E-state index contributed by atoms with van der Waals surface area (Å²) in [5.41, 5.74) is 9.35. The monoisotopic (exact) mass is 427 g/mol. The number of nitrogens with two attached hydrogens (primary N) is 1. The van der Waals surface area contributed by atoms with Gasteiger partial charge in [-0.05, 0) is 41.5 Å². The Morgan fingerprint density at radius 1 is 1.10 bits per heavy atom. The third-order valence-corrected chi connectivity index (χ3v) is 4.98. The number of carbonyl (C=O) groups excluding carboxylic acids is 1. The van der Waals surface area contributed by atoms with Gasteiger partial charge in [-0.15, -0.1) is 12.4 Å². The maximum Gasteiger partial charge on any atom is 0.258 e. The number of pyridine rings is 1. The number of amides is 1. The number of halogens is 1. The van der Waals surface area contributed by atoms with E-state index in [-0.39, 0.29) is 30.4 Å². The summed E-state index contributed by atoms with van der Waals surface area (Å²) < 4.78 is 1.80. The van der Waals surface area contributed by atoms with Crippen LogP contribution in [0.4, 0.5) is 0 Å². The average Bonchev–Trinajstić information content (AvgIpc) is 2.73. The number of fused-ring (bicyclic) bond motifs is 1. The lowest BCUT2D eigenvalue weighted by atomic mass is 9.95.